The molecule has 1 fully saturated rings. The average molecular weight is 335 g/mol. The molecule has 3 rings (SSSR count). The van der Waals surface area contributed by atoms with Crippen LogP contribution in [0.25, 0.3) is 5.57 Å². The van der Waals surface area contributed by atoms with E-state index in [1.54, 1.807) is 24.3 Å². The van der Waals surface area contributed by atoms with Crippen molar-refractivity contribution in [3.63, 3.8) is 0 Å². The third-order valence-electron chi connectivity index (χ3n) is 4.13. The highest BCUT2D eigenvalue weighted by Gasteiger charge is 2.41. The molecular formula is C17H19ClN2O3. The van der Waals surface area contributed by atoms with Crippen molar-refractivity contribution in [2.75, 3.05) is 20.1 Å². The number of rotatable bonds is 2. The SMILES string of the molecule is CC1CN(C2=C(c3ccc(Cl)cc3)C(=O)N(C)C2=O)CC(C)O1. The van der Waals surface area contributed by atoms with Gasteiger partial charge in [-0.1, -0.05) is 23.7 Å². The number of hydrogen-bond donors (Lipinski definition) is 0. The van der Waals surface area contributed by atoms with Crippen LogP contribution in [0, 0.1) is 0 Å². The molecule has 5 nitrogen and oxygen atoms in total. The van der Waals surface area contributed by atoms with Crippen molar-refractivity contribution >= 4 is 29.0 Å². The molecule has 2 heterocycles. The summed E-state index contributed by atoms with van der Waals surface area (Å²) in [4.78, 5) is 28.3. The van der Waals surface area contributed by atoms with Crippen LogP contribution < -0.4 is 0 Å². The summed E-state index contributed by atoms with van der Waals surface area (Å²) < 4.78 is 5.73. The summed E-state index contributed by atoms with van der Waals surface area (Å²) in [6.45, 7) is 5.11. The summed E-state index contributed by atoms with van der Waals surface area (Å²) >= 11 is 5.93. The van der Waals surface area contributed by atoms with E-state index in [0.717, 1.165) is 0 Å². The first-order valence-corrected chi connectivity index (χ1v) is 7.99. The van der Waals surface area contributed by atoms with Gasteiger partial charge in [0.25, 0.3) is 11.8 Å². The summed E-state index contributed by atoms with van der Waals surface area (Å²) in [6, 6.07) is 6.99. The van der Waals surface area contributed by atoms with Gasteiger partial charge < -0.3 is 9.64 Å². The lowest BCUT2D eigenvalue weighted by atomic mass is 10.0. The number of amides is 2. The van der Waals surface area contributed by atoms with Gasteiger partial charge in [-0.2, -0.15) is 0 Å². The lowest BCUT2D eigenvalue weighted by Gasteiger charge is -2.37. The Labute approximate surface area is 140 Å². The number of morpholine rings is 1. The van der Waals surface area contributed by atoms with E-state index < -0.39 is 0 Å². The largest absolute Gasteiger partial charge is 0.372 e. The molecular weight excluding hydrogens is 316 g/mol. The highest BCUT2D eigenvalue weighted by Crippen LogP contribution is 2.32. The van der Waals surface area contributed by atoms with E-state index in [-0.39, 0.29) is 24.0 Å². The fourth-order valence-corrected chi connectivity index (χ4v) is 3.28. The molecule has 1 aromatic carbocycles. The van der Waals surface area contributed by atoms with E-state index >= 15 is 0 Å². The van der Waals surface area contributed by atoms with Gasteiger partial charge in [0.1, 0.15) is 5.70 Å². The Morgan fingerprint density at radius 2 is 1.61 bits per heavy atom. The summed E-state index contributed by atoms with van der Waals surface area (Å²) in [5.74, 6) is -0.541. The zero-order valence-corrected chi connectivity index (χ0v) is 14.1. The molecule has 0 spiro atoms. The van der Waals surface area contributed by atoms with Crippen LogP contribution in [0.1, 0.15) is 19.4 Å². The van der Waals surface area contributed by atoms with E-state index in [4.69, 9.17) is 16.3 Å². The van der Waals surface area contributed by atoms with Crippen molar-refractivity contribution in [3.05, 3.63) is 40.5 Å². The first-order chi connectivity index (χ1) is 10.9. The van der Waals surface area contributed by atoms with E-state index in [1.807, 2.05) is 18.7 Å². The topological polar surface area (TPSA) is 49.9 Å². The van der Waals surface area contributed by atoms with Crippen LogP contribution in [-0.2, 0) is 14.3 Å². The standard InChI is InChI=1S/C17H19ClN2O3/c1-10-8-20(9-11(2)23-10)15-14(16(21)19(3)17(15)22)12-4-6-13(18)7-5-12/h4-7,10-11H,8-9H2,1-3H3. The van der Waals surface area contributed by atoms with Crippen LogP contribution >= 0.6 is 11.6 Å². The molecule has 0 saturated carbocycles. The Morgan fingerprint density at radius 1 is 1.04 bits per heavy atom. The number of benzene rings is 1. The van der Waals surface area contributed by atoms with Gasteiger partial charge in [-0.25, -0.2) is 0 Å². The Hall–Kier alpha value is -1.85. The molecule has 2 aliphatic rings. The van der Waals surface area contributed by atoms with E-state index in [1.165, 1.54) is 11.9 Å². The van der Waals surface area contributed by atoms with Crippen molar-refractivity contribution in [1.82, 2.24) is 9.80 Å². The van der Waals surface area contributed by atoms with Crippen LogP contribution in [0.3, 0.4) is 0 Å². The summed E-state index contributed by atoms with van der Waals surface area (Å²) in [7, 11) is 1.51. The minimum Gasteiger partial charge on any atom is -0.372 e. The van der Waals surface area contributed by atoms with Gasteiger partial charge in [0, 0.05) is 25.2 Å². The average Bonchev–Trinajstić information content (AvgIpc) is 2.71. The fraction of sp³-hybridized carbons (Fsp3) is 0.412. The van der Waals surface area contributed by atoms with Gasteiger partial charge in [-0.3, -0.25) is 14.5 Å². The van der Waals surface area contributed by atoms with Crippen molar-refractivity contribution in [2.45, 2.75) is 26.1 Å². The number of ether oxygens (including phenoxy) is 1. The smallest absolute Gasteiger partial charge is 0.277 e. The Kier molecular flexibility index (Phi) is 4.17. The second kappa shape index (κ2) is 5.98. The third kappa shape index (κ3) is 2.86. The Morgan fingerprint density at radius 3 is 2.17 bits per heavy atom. The number of carbonyl (C=O) groups excluding carboxylic acids is 2. The Balaban J connectivity index is 2.08. The van der Waals surface area contributed by atoms with Crippen LogP contribution in [0.5, 0.6) is 0 Å². The van der Waals surface area contributed by atoms with Crippen molar-refractivity contribution in [1.29, 1.82) is 0 Å². The van der Waals surface area contributed by atoms with Gasteiger partial charge in [0.15, 0.2) is 0 Å². The van der Waals surface area contributed by atoms with Gasteiger partial charge in [-0.15, -0.1) is 0 Å². The molecule has 2 unspecified atom stereocenters. The highest BCUT2D eigenvalue weighted by molar-refractivity contribution is 6.35. The molecule has 0 aliphatic carbocycles. The maximum absolute atomic E-state index is 12.6. The molecule has 0 radical (unpaired) electrons. The first-order valence-electron chi connectivity index (χ1n) is 7.61. The van der Waals surface area contributed by atoms with Crippen LogP contribution in [0.4, 0.5) is 0 Å². The maximum atomic E-state index is 12.6. The van der Waals surface area contributed by atoms with Gasteiger partial charge in [0.05, 0.1) is 17.8 Å². The zero-order valence-electron chi connectivity index (χ0n) is 13.4. The monoisotopic (exact) mass is 334 g/mol. The van der Waals surface area contributed by atoms with Gasteiger partial charge >= 0.3 is 0 Å². The number of halogens is 1. The molecule has 0 N–H and O–H groups in total. The zero-order chi connectivity index (χ0) is 16.7. The van der Waals surface area contributed by atoms with Crippen molar-refractivity contribution in [2.24, 2.45) is 0 Å². The van der Waals surface area contributed by atoms with Crippen molar-refractivity contribution < 1.29 is 14.3 Å². The predicted octanol–water partition coefficient (Wildman–Crippen LogP) is 2.16. The molecule has 2 atom stereocenters. The molecule has 0 bridgehead atoms. The number of hydrogen-bond acceptors (Lipinski definition) is 4. The summed E-state index contributed by atoms with van der Waals surface area (Å²) in [6.07, 6.45) is 0.0121. The van der Waals surface area contributed by atoms with E-state index in [9.17, 15) is 9.59 Å². The molecule has 1 saturated heterocycles. The lowest BCUT2D eigenvalue weighted by Crippen LogP contribution is -2.46. The first kappa shape index (κ1) is 16.0. The van der Waals surface area contributed by atoms with Crippen LogP contribution in [-0.4, -0.2) is 54.0 Å². The second-order valence-electron chi connectivity index (χ2n) is 6.06. The van der Waals surface area contributed by atoms with Crippen LogP contribution in [0.2, 0.25) is 5.02 Å². The predicted molar refractivity (Wildman–Crippen MR) is 87.7 cm³/mol. The summed E-state index contributed by atoms with van der Waals surface area (Å²) in [5.41, 5.74) is 1.61. The quantitative estimate of drug-likeness (QED) is 0.778. The molecule has 1 aromatic rings. The third-order valence-corrected chi connectivity index (χ3v) is 4.38. The lowest BCUT2D eigenvalue weighted by molar-refractivity contribution is -0.136. The maximum Gasteiger partial charge on any atom is 0.277 e. The molecule has 122 valence electrons. The van der Waals surface area contributed by atoms with E-state index in [2.05, 4.69) is 0 Å². The fourth-order valence-electron chi connectivity index (χ4n) is 3.16. The van der Waals surface area contributed by atoms with Gasteiger partial charge in [0.2, 0.25) is 0 Å². The molecule has 2 aliphatic heterocycles. The minimum absolute atomic E-state index is 0.00604. The second-order valence-corrected chi connectivity index (χ2v) is 6.50. The minimum atomic E-state index is -0.279. The Bertz CT molecular complexity index is 674. The number of imide groups is 1. The van der Waals surface area contributed by atoms with Crippen LogP contribution in [0.15, 0.2) is 30.0 Å². The molecule has 0 aromatic heterocycles. The summed E-state index contributed by atoms with van der Waals surface area (Å²) in [5, 5.41) is 0.592. The molecule has 23 heavy (non-hydrogen) atoms. The number of nitrogens with zero attached hydrogens (tertiary/aromatic N) is 2. The molecule has 2 amide bonds. The highest BCUT2D eigenvalue weighted by atomic mass is 35.5. The normalized spacial score (nSPS) is 25.6. The van der Waals surface area contributed by atoms with Gasteiger partial charge in [-0.05, 0) is 31.5 Å². The number of carbonyl (C=O) groups is 2. The van der Waals surface area contributed by atoms with E-state index in [0.29, 0.717) is 34.9 Å². The van der Waals surface area contributed by atoms with Crippen molar-refractivity contribution in [3.8, 4) is 0 Å². The number of likely N-dealkylation sites (N-methyl/N-ethyl adjacent to an activating group) is 1. The molecule has 6 heteroatoms.